The Hall–Kier alpha value is -1.06. The largest absolute Gasteiger partial charge is 0.359 e. The summed E-state index contributed by atoms with van der Waals surface area (Å²) in [5.74, 6) is 0.678. The zero-order valence-electron chi connectivity index (χ0n) is 10.7. The van der Waals surface area contributed by atoms with Gasteiger partial charge in [0.2, 0.25) is 5.91 Å². The molecule has 0 radical (unpaired) electrons. The molecule has 1 amide bonds. The van der Waals surface area contributed by atoms with Crippen molar-refractivity contribution in [1.29, 1.82) is 0 Å². The summed E-state index contributed by atoms with van der Waals surface area (Å²) in [6.07, 6.45) is 2.96. The molecule has 0 aliphatic carbocycles. The lowest BCUT2D eigenvalue weighted by Gasteiger charge is -2.23. The number of hydrogen-bond donors (Lipinski definition) is 2. The van der Waals surface area contributed by atoms with Gasteiger partial charge in [-0.3, -0.25) is 4.79 Å². The highest BCUT2D eigenvalue weighted by Crippen LogP contribution is 2.23. The number of carbonyl (C=O) groups excluding carboxylic acids is 1. The van der Waals surface area contributed by atoms with E-state index in [2.05, 4.69) is 28.8 Å². The van der Waals surface area contributed by atoms with Crippen LogP contribution in [0.25, 0.3) is 0 Å². The van der Waals surface area contributed by atoms with Crippen LogP contribution >= 0.6 is 12.4 Å². The van der Waals surface area contributed by atoms with Crippen molar-refractivity contribution < 1.29 is 4.79 Å². The number of benzene rings is 1. The maximum atomic E-state index is 11.3. The summed E-state index contributed by atoms with van der Waals surface area (Å²) in [6.45, 7) is 2.19. The van der Waals surface area contributed by atoms with E-state index in [1.54, 1.807) is 7.05 Å². The summed E-state index contributed by atoms with van der Waals surface area (Å²) < 4.78 is 0. The van der Waals surface area contributed by atoms with Crippen LogP contribution in [0.1, 0.15) is 29.9 Å². The number of carbonyl (C=O) groups is 1. The first-order chi connectivity index (χ1) is 8.29. The molecular formula is C14H21ClN2O. The summed E-state index contributed by atoms with van der Waals surface area (Å²) in [7, 11) is 1.68. The molecule has 1 atom stereocenters. The van der Waals surface area contributed by atoms with Crippen LogP contribution in [0.2, 0.25) is 0 Å². The maximum absolute atomic E-state index is 11.3. The van der Waals surface area contributed by atoms with E-state index in [0.717, 1.165) is 18.7 Å². The molecule has 1 aromatic carbocycles. The molecule has 0 aromatic heterocycles. The van der Waals surface area contributed by atoms with Gasteiger partial charge in [-0.15, -0.1) is 12.4 Å². The Morgan fingerprint density at radius 1 is 1.50 bits per heavy atom. The smallest absolute Gasteiger partial charge is 0.224 e. The van der Waals surface area contributed by atoms with Gasteiger partial charge in [-0.05, 0) is 36.4 Å². The molecule has 100 valence electrons. The highest BCUT2D eigenvalue weighted by molar-refractivity contribution is 5.85. The molecule has 1 unspecified atom stereocenters. The third kappa shape index (κ3) is 4.00. The van der Waals surface area contributed by atoms with Gasteiger partial charge in [0, 0.05) is 13.6 Å². The fraction of sp³-hybridized carbons (Fsp3) is 0.500. The highest BCUT2D eigenvalue weighted by Gasteiger charge is 2.15. The molecule has 1 fully saturated rings. The van der Waals surface area contributed by atoms with Crippen molar-refractivity contribution in [2.24, 2.45) is 0 Å². The normalized spacial score (nSPS) is 18.8. The zero-order chi connectivity index (χ0) is 12.1. The number of piperidine rings is 1. The topological polar surface area (TPSA) is 41.1 Å². The summed E-state index contributed by atoms with van der Waals surface area (Å²) in [5, 5.41) is 6.09. The van der Waals surface area contributed by atoms with E-state index < -0.39 is 0 Å². The Balaban J connectivity index is 0.00000162. The number of rotatable bonds is 3. The third-order valence-electron chi connectivity index (χ3n) is 3.36. The maximum Gasteiger partial charge on any atom is 0.224 e. The summed E-state index contributed by atoms with van der Waals surface area (Å²) in [5.41, 5.74) is 2.46. The number of amides is 1. The Morgan fingerprint density at radius 3 is 3.00 bits per heavy atom. The third-order valence-corrected chi connectivity index (χ3v) is 3.36. The molecule has 0 saturated carbocycles. The predicted molar refractivity (Wildman–Crippen MR) is 76.3 cm³/mol. The SMILES string of the molecule is CNC(=O)Cc1cccc(C2CCCNC2)c1.Cl. The quantitative estimate of drug-likeness (QED) is 0.879. The van der Waals surface area contributed by atoms with Crippen LogP contribution in [0.5, 0.6) is 0 Å². The van der Waals surface area contributed by atoms with Gasteiger partial charge in [-0.25, -0.2) is 0 Å². The van der Waals surface area contributed by atoms with Crippen molar-refractivity contribution in [3.8, 4) is 0 Å². The zero-order valence-corrected chi connectivity index (χ0v) is 11.6. The molecule has 1 saturated heterocycles. The molecule has 1 aromatic rings. The van der Waals surface area contributed by atoms with E-state index in [9.17, 15) is 4.79 Å². The van der Waals surface area contributed by atoms with Crippen molar-refractivity contribution in [2.75, 3.05) is 20.1 Å². The predicted octanol–water partition coefficient (Wildman–Crippen LogP) is 1.86. The van der Waals surface area contributed by atoms with E-state index in [1.165, 1.54) is 18.4 Å². The molecule has 0 bridgehead atoms. The minimum atomic E-state index is 0. The van der Waals surface area contributed by atoms with Crippen molar-refractivity contribution >= 4 is 18.3 Å². The summed E-state index contributed by atoms with van der Waals surface area (Å²) in [4.78, 5) is 11.3. The van der Waals surface area contributed by atoms with E-state index in [-0.39, 0.29) is 18.3 Å². The number of halogens is 1. The van der Waals surface area contributed by atoms with Gasteiger partial charge in [-0.1, -0.05) is 24.3 Å². The van der Waals surface area contributed by atoms with Crippen molar-refractivity contribution in [3.05, 3.63) is 35.4 Å². The van der Waals surface area contributed by atoms with Crippen molar-refractivity contribution in [2.45, 2.75) is 25.2 Å². The second-order valence-corrected chi connectivity index (χ2v) is 4.64. The summed E-state index contributed by atoms with van der Waals surface area (Å²) >= 11 is 0. The second kappa shape index (κ2) is 7.39. The molecule has 1 heterocycles. The number of likely N-dealkylation sites (N-methyl/N-ethyl adjacent to an activating group) is 1. The molecule has 4 heteroatoms. The minimum absolute atomic E-state index is 0. The average molecular weight is 269 g/mol. The van der Waals surface area contributed by atoms with Gasteiger partial charge >= 0.3 is 0 Å². The van der Waals surface area contributed by atoms with Crippen LogP contribution in [0.3, 0.4) is 0 Å². The lowest BCUT2D eigenvalue weighted by molar-refractivity contribution is -0.119. The van der Waals surface area contributed by atoms with Gasteiger partial charge in [0.25, 0.3) is 0 Å². The Bertz CT molecular complexity index is 389. The molecule has 1 aliphatic rings. The second-order valence-electron chi connectivity index (χ2n) is 4.64. The van der Waals surface area contributed by atoms with Crippen LogP contribution in [0, 0.1) is 0 Å². The minimum Gasteiger partial charge on any atom is -0.359 e. The Labute approximate surface area is 115 Å². The molecule has 3 nitrogen and oxygen atoms in total. The molecule has 18 heavy (non-hydrogen) atoms. The van der Waals surface area contributed by atoms with Crippen molar-refractivity contribution in [3.63, 3.8) is 0 Å². The first-order valence-corrected chi connectivity index (χ1v) is 6.29. The highest BCUT2D eigenvalue weighted by atomic mass is 35.5. The van der Waals surface area contributed by atoms with E-state index >= 15 is 0 Å². The van der Waals surface area contributed by atoms with Crippen LogP contribution in [-0.2, 0) is 11.2 Å². The molecule has 2 N–H and O–H groups in total. The van der Waals surface area contributed by atoms with Crippen LogP contribution in [0.4, 0.5) is 0 Å². The summed E-state index contributed by atoms with van der Waals surface area (Å²) in [6, 6.07) is 8.43. The first-order valence-electron chi connectivity index (χ1n) is 6.29. The fourth-order valence-corrected chi connectivity index (χ4v) is 2.37. The fourth-order valence-electron chi connectivity index (χ4n) is 2.37. The molecule has 2 rings (SSSR count). The Kier molecular flexibility index (Phi) is 6.16. The molecule has 0 spiro atoms. The van der Waals surface area contributed by atoms with E-state index in [0.29, 0.717) is 12.3 Å². The average Bonchev–Trinajstić information content (AvgIpc) is 2.40. The van der Waals surface area contributed by atoms with Crippen LogP contribution in [-0.4, -0.2) is 26.0 Å². The standard InChI is InChI=1S/C14H20N2O.ClH/c1-15-14(17)9-11-4-2-5-12(8-11)13-6-3-7-16-10-13;/h2,4-5,8,13,16H,3,6-7,9-10H2,1H3,(H,15,17);1H. The van der Waals surface area contributed by atoms with Gasteiger partial charge in [-0.2, -0.15) is 0 Å². The van der Waals surface area contributed by atoms with Gasteiger partial charge in [0.15, 0.2) is 0 Å². The van der Waals surface area contributed by atoms with Crippen LogP contribution in [0.15, 0.2) is 24.3 Å². The van der Waals surface area contributed by atoms with Gasteiger partial charge in [0.1, 0.15) is 0 Å². The van der Waals surface area contributed by atoms with Gasteiger partial charge < -0.3 is 10.6 Å². The Morgan fingerprint density at radius 2 is 2.33 bits per heavy atom. The van der Waals surface area contributed by atoms with Crippen LogP contribution < -0.4 is 10.6 Å². The molecule has 1 aliphatic heterocycles. The lowest BCUT2D eigenvalue weighted by Crippen LogP contribution is -2.28. The van der Waals surface area contributed by atoms with Gasteiger partial charge in [0.05, 0.1) is 6.42 Å². The number of nitrogens with one attached hydrogen (secondary N) is 2. The first kappa shape index (κ1) is 15.0. The van der Waals surface area contributed by atoms with E-state index in [1.807, 2.05) is 6.07 Å². The number of hydrogen-bond acceptors (Lipinski definition) is 2. The lowest BCUT2D eigenvalue weighted by atomic mass is 9.90. The monoisotopic (exact) mass is 268 g/mol. The van der Waals surface area contributed by atoms with Crippen molar-refractivity contribution in [1.82, 2.24) is 10.6 Å². The van der Waals surface area contributed by atoms with E-state index in [4.69, 9.17) is 0 Å². The molecular weight excluding hydrogens is 248 g/mol.